The van der Waals surface area contributed by atoms with Crippen molar-refractivity contribution in [2.75, 3.05) is 19.6 Å². The fourth-order valence-electron chi connectivity index (χ4n) is 3.47. The summed E-state index contributed by atoms with van der Waals surface area (Å²) in [4.78, 5) is 2.35. The molecule has 2 aliphatic rings. The molecule has 0 saturated carbocycles. The van der Waals surface area contributed by atoms with Crippen LogP contribution in [0.2, 0.25) is 0 Å². The number of aliphatic hydroxyl groups excluding tert-OH is 1. The van der Waals surface area contributed by atoms with Crippen molar-refractivity contribution in [3.8, 4) is 5.75 Å². The van der Waals surface area contributed by atoms with Crippen LogP contribution in [0, 0.1) is 0 Å². The van der Waals surface area contributed by atoms with Crippen molar-refractivity contribution in [2.45, 2.75) is 57.3 Å². The largest absolute Gasteiger partial charge is 0.488 e. The molecule has 2 aliphatic heterocycles. The molecular weight excluding hydrogens is 276 g/mol. The van der Waals surface area contributed by atoms with Crippen molar-refractivity contribution in [1.82, 2.24) is 4.90 Å². The van der Waals surface area contributed by atoms with Crippen LogP contribution in [0.15, 0.2) is 18.2 Å². The van der Waals surface area contributed by atoms with Crippen LogP contribution in [0.5, 0.6) is 5.75 Å². The monoisotopic (exact) mass is 304 g/mol. The highest BCUT2D eigenvalue weighted by Gasteiger charge is 2.28. The Kier molecular flexibility index (Phi) is 4.44. The van der Waals surface area contributed by atoms with Crippen molar-refractivity contribution >= 4 is 0 Å². The number of nitrogens with two attached hydrogens (primary N) is 1. The first-order chi connectivity index (χ1) is 10.4. The highest BCUT2D eigenvalue weighted by Crippen LogP contribution is 2.34. The van der Waals surface area contributed by atoms with Gasteiger partial charge in [-0.2, -0.15) is 0 Å². The predicted molar refractivity (Wildman–Crippen MR) is 88.1 cm³/mol. The fourth-order valence-corrected chi connectivity index (χ4v) is 3.47. The molecule has 1 fully saturated rings. The van der Waals surface area contributed by atoms with Gasteiger partial charge in [-0.1, -0.05) is 6.07 Å². The number of ether oxygens (including phenoxy) is 1. The molecule has 1 saturated heterocycles. The maximum absolute atomic E-state index is 10.6. The van der Waals surface area contributed by atoms with Crippen LogP contribution in [-0.4, -0.2) is 41.3 Å². The number of likely N-dealkylation sites (tertiary alicyclic amines) is 1. The molecule has 0 amide bonds. The molecule has 0 bridgehead atoms. The number of aryl methyl sites for hydroxylation is 1. The summed E-state index contributed by atoms with van der Waals surface area (Å²) in [6, 6.07) is 5.77. The van der Waals surface area contributed by atoms with Crippen molar-refractivity contribution in [3.63, 3.8) is 0 Å². The number of hydrogen-bond donors (Lipinski definition) is 2. The number of nitrogens with zero attached hydrogens (tertiary/aromatic N) is 1. The summed E-state index contributed by atoms with van der Waals surface area (Å²) in [7, 11) is 0. The van der Waals surface area contributed by atoms with Crippen LogP contribution in [0.4, 0.5) is 0 Å². The molecule has 0 spiro atoms. The molecule has 3 rings (SSSR count). The smallest absolute Gasteiger partial charge is 0.123 e. The van der Waals surface area contributed by atoms with Crippen molar-refractivity contribution in [1.29, 1.82) is 0 Å². The molecule has 0 aromatic heterocycles. The molecule has 4 nitrogen and oxygen atoms in total. The Labute approximate surface area is 133 Å². The number of aliphatic hydroxyl groups is 1. The van der Waals surface area contributed by atoms with Gasteiger partial charge in [0.1, 0.15) is 11.4 Å². The standard InChI is InChI=1S/C18H28N2O2/c1-18(2)8-7-13-11-14(5-6-16(13)22-18)17(21)15(19)12-20-9-3-4-10-20/h5-6,11,15,17,21H,3-4,7-10,12,19H2,1-2H3. The van der Waals surface area contributed by atoms with E-state index in [0.29, 0.717) is 0 Å². The lowest BCUT2D eigenvalue weighted by molar-refractivity contribution is 0.0841. The fraction of sp³-hybridized carbons (Fsp3) is 0.667. The summed E-state index contributed by atoms with van der Waals surface area (Å²) >= 11 is 0. The van der Waals surface area contributed by atoms with E-state index < -0.39 is 6.10 Å². The number of rotatable bonds is 4. The van der Waals surface area contributed by atoms with E-state index in [1.165, 1.54) is 18.4 Å². The van der Waals surface area contributed by atoms with E-state index in [9.17, 15) is 5.11 Å². The molecule has 122 valence electrons. The van der Waals surface area contributed by atoms with E-state index in [1.54, 1.807) is 0 Å². The van der Waals surface area contributed by atoms with Crippen LogP contribution in [-0.2, 0) is 6.42 Å². The minimum atomic E-state index is -0.610. The molecule has 1 aromatic carbocycles. The van der Waals surface area contributed by atoms with Crippen molar-refractivity contribution < 1.29 is 9.84 Å². The summed E-state index contributed by atoms with van der Waals surface area (Å²) in [5.41, 5.74) is 8.22. The summed E-state index contributed by atoms with van der Waals surface area (Å²) in [5, 5.41) is 10.6. The lowest BCUT2D eigenvalue weighted by atomic mass is 9.91. The number of hydrogen-bond acceptors (Lipinski definition) is 4. The van der Waals surface area contributed by atoms with Crippen molar-refractivity contribution in [3.05, 3.63) is 29.3 Å². The first-order valence-electron chi connectivity index (χ1n) is 8.42. The maximum atomic E-state index is 10.6. The highest BCUT2D eigenvalue weighted by atomic mass is 16.5. The quantitative estimate of drug-likeness (QED) is 0.896. The molecule has 2 heterocycles. The van der Waals surface area contributed by atoms with E-state index in [1.807, 2.05) is 12.1 Å². The molecule has 2 atom stereocenters. The third kappa shape index (κ3) is 3.45. The van der Waals surface area contributed by atoms with Gasteiger partial charge < -0.3 is 20.5 Å². The van der Waals surface area contributed by atoms with Gasteiger partial charge in [0.25, 0.3) is 0 Å². The minimum absolute atomic E-state index is 0.0979. The summed E-state index contributed by atoms with van der Waals surface area (Å²) in [5.74, 6) is 0.945. The Morgan fingerprint density at radius 1 is 1.32 bits per heavy atom. The van der Waals surface area contributed by atoms with E-state index in [0.717, 1.165) is 43.8 Å². The van der Waals surface area contributed by atoms with E-state index in [4.69, 9.17) is 10.5 Å². The van der Waals surface area contributed by atoms with E-state index in [-0.39, 0.29) is 11.6 Å². The van der Waals surface area contributed by atoms with Crippen LogP contribution < -0.4 is 10.5 Å². The summed E-state index contributed by atoms with van der Waals surface area (Å²) < 4.78 is 6.00. The van der Waals surface area contributed by atoms with E-state index in [2.05, 4.69) is 24.8 Å². The zero-order valence-electron chi connectivity index (χ0n) is 13.7. The summed E-state index contributed by atoms with van der Waals surface area (Å²) in [6.07, 6.45) is 3.87. The van der Waals surface area contributed by atoms with Gasteiger partial charge in [-0.3, -0.25) is 0 Å². The summed E-state index contributed by atoms with van der Waals surface area (Å²) in [6.45, 7) is 7.21. The van der Waals surface area contributed by atoms with Gasteiger partial charge >= 0.3 is 0 Å². The van der Waals surface area contributed by atoms with Gasteiger partial charge in [0, 0.05) is 12.6 Å². The zero-order valence-corrected chi connectivity index (χ0v) is 13.7. The number of fused-ring (bicyclic) bond motifs is 1. The molecule has 4 heteroatoms. The predicted octanol–water partition coefficient (Wildman–Crippen LogP) is 2.25. The lowest BCUT2D eigenvalue weighted by Crippen LogP contribution is -2.40. The van der Waals surface area contributed by atoms with Gasteiger partial charge in [-0.05, 0) is 75.9 Å². The van der Waals surface area contributed by atoms with Crippen molar-refractivity contribution in [2.24, 2.45) is 5.73 Å². The van der Waals surface area contributed by atoms with E-state index >= 15 is 0 Å². The van der Waals surface area contributed by atoms with Crippen LogP contribution in [0.25, 0.3) is 0 Å². The molecule has 22 heavy (non-hydrogen) atoms. The second-order valence-electron chi connectivity index (χ2n) is 7.35. The van der Waals surface area contributed by atoms with Crippen LogP contribution >= 0.6 is 0 Å². The van der Waals surface area contributed by atoms with Gasteiger partial charge in [-0.25, -0.2) is 0 Å². The Hall–Kier alpha value is -1.10. The normalized spacial score (nSPS) is 23.6. The molecule has 0 radical (unpaired) electrons. The van der Waals surface area contributed by atoms with Gasteiger partial charge in [0.15, 0.2) is 0 Å². The third-order valence-corrected chi connectivity index (χ3v) is 4.88. The maximum Gasteiger partial charge on any atom is 0.123 e. The average Bonchev–Trinajstić information content (AvgIpc) is 2.98. The molecule has 3 N–H and O–H groups in total. The highest BCUT2D eigenvalue weighted by molar-refractivity contribution is 5.40. The topological polar surface area (TPSA) is 58.7 Å². The minimum Gasteiger partial charge on any atom is -0.488 e. The Bertz CT molecular complexity index is 524. The first-order valence-corrected chi connectivity index (χ1v) is 8.42. The Balaban J connectivity index is 1.69. The second kappa shape index (κ2) is 6.19. The molecule has 1 aromatic rings. The Morgan fingerprint density at radius 3 is 2.77 bits per heavy atom. The van der Waals surface area contributed by atoms with Gasteiger partial charge in [-0.15, -0.1) is 0 Å². The molecule has 2 unspecified atom stereocenters. The SMILES string of the molecule is CC1(C)CCc2cc(C(O)C(N)CN3CCCC3)ccc2O1. The third-order valence-electron chi connectivity index (χ3n) is 4.88. The first kappa shape index (κ1) is 15.8. The van der Waals surface area contributed by atoms with Crippen LogP contribution in [0.3, 0.4) is 0 Å². The van der Waals surface area contributed by atoms with Crippen LogP contribution in [0.1, 0.15) is 50.3 Å². The lowest BCUT2D eigenvalue weighted by Gasteiger charge is -2.33. The Morgan fingerprint density at radius 2 is 2.05 bits per heavy atom. The second-order valence-corrected chi connectivity index (χ2v) is 7.35. The average molecular weight is 304 g/mol. The number of benzene rings is 1. The van der Waals surface area contributed by atoms with Gasteiger partial charge in [0.2, 0.25) is 0 Å². The van der Waals surface area contributed by atoms with Gasteiger partial charge in [0.05, 0.1) is 6.10 Å². The zero-order chi connectivity index (χ0) is 15.7. The molecular formula is C18H28N2O2. The molecule has 0 aliphatic carbocycles.